The molecule has 268 valence electrons. The lowest BCUT2D eigenvalue weighted by Crippen LogP contribution is -2.48. The van der Waals surface area contributed by atoms with Crippen LogP contribution in [0.3, 0.4) is 0 Å². The molecule has 0 bridgehead atoms. The van der Waals surface area contributed by atoms with Crippen LogP contribution in [0, 0.1) is 0 Å². The first kappa shape index (κ1) is 43.8. The Bertz CT molecular complexity index is 795. The van der Waals surface area contributed by atoms with E-state index in [-0.39, 0.29) is 19.3 Å². The summed E-state index contributed by atoms with van der Waals surface area (Å²) in [5.74, 6) is -3.44. The molecule has 0 rings (SSSR count). The van der Waals surface area contributed by atoms with Crippen molar-refractivity contribution in [1.82, 2.24) is 4.90 Å². The van der Waals surface area contributed by atoms with Gasteiger partial charge in [-0.25, -0.2) is 4.79 Å². The molecular weight excluding hydrogens is 578 g/mol. The van der Waals surface area contributed by atoms with Crippen molar-refractivity contribution >= 4 is 23.8 Å². The smallest absolute Gasteiger partial charge is 0.326 e. The van der Waals surface area contributed by atoms with E-state index in [1.807, 2.05) is 0 Å². The van der Waals surface area contributed by atoms with Gasteiger partial charge in [-0.3, -0.25) is 19.3 Å². The van der Waals surface area contributed by atoms with Crippen molar-refractivity contribution in [3.63, 3.8) is 0 Å². The number of carbonyl (C=O) groups excluding carboxylic acids is 2. The van der Waals surface area contributed by atoms with Gasteiger partial charge in [-0.1, -0.05) is 154 Å². The SMILES string of the molecule is CCCCCCCC/C=C\CCCCCCCC(=O)N(C(=O)CCCCCCCCCCCCCCC)C(CCC(=O)O)C(=O)O. The molecule has 46 heavy (non-hydrogen) atoms. The fourth-order valence-corrected chi connectivity index (χ4v) is 5.99. The lowest BCUT2D eigenvalue weighted by molar-refractivity contribution is -0.159. The first-order chi connectivity index (χ1) is 22.3. The summed E-state index contributed by atoms with van der Waals surface area (Å²) in [6.07, 6.45) is 34.2. The van der Waals surface area contributed by atoms with Crippen molar-refractivity contribution in [2.45, 2.75) is 213 Å². The molecule has 0 aliphatic heterocycles. The van der Waals surface area contributed by atoms with E-state index < -0.39 is 36.2 Å². The Morgan fingerprint density at radius 3 is 1.13 bits per heavy atom. The first-order valence-corrected chi connectivity index (χ1v) is 19.3. The Morgan fingerprint density at radius 1 is 0.478 bits per heavy atom. The minimum atomic E-state index is -1.43. The van der Waals surface area contributed by atoms with E-state index in [4.69, 9.17) is 5.11 Å². The van der Waals surface area contributed by atoms with Crippen LogP contribution in [0.1, 0.15) is 206 Å². The van der Waals surface area contributed by atoms with Gasteiger partial charge in [-0.15, -0.1) is 0 Å². The number of allylic oxidation sites excluding steroid dienone is 2. The third kappa shape index (κ3) is 27.0. The zero-order valence-corrected chi connectivity index (χ0v) is 29.9. The van der Waals surface area contributed by atoms with Gasteiger partial charge in [-0.2, -0.15) is 0 Å². The van der Waals surface area contributed by atoms with E-state index >= 15 is 0 Å². The maximum absolute atomic E-state index is 13.1. The molecule has 1 atom stereocenters. The fraction of sp³-hybridized carbons (Fsp3) is 0.846. The summed E-state index contributed by atoms with van der Waals surface area (Å²) >= 11 is 0. The summed E-state index contributed by atoms with van der Waals surface area (Å²) < 4.78 is 0. The highest BCUT2D eigenvalue weighted by Crippen LogP contribution is 2.18. The van der Waals surface area contributed by atoms with Crippen molar-refractivity contribution in [2.75, 3.05) is 0 Å². The highest BCUT2D eigenvalue weighted by Gasteiger charge is 2.34. The van der Waals surface area contributed by atoms with Crippen LogP contribution >= 0.6 is 0 Å². The summed E-state index contributed by atoms with van der Waals surface area (Å²) in [5.41, 5.74) is 0. The number of carboxylic acid groups (broad SMARTS) is 2. The standard InChI is InChI=1S/C39H71NO6/c1-3-5-7-9-11-13-15-17-18-20-22-24-26-28-30-32-37(42)40(35(39(45)46)33-34-38(43)44)36(41)31-29-27-25-23-21-19-16-14-12-10-8-6-4-2/h17-18,35H,3-16,19-34H2,1-2H3,(H,43,44)(H,45,46)/b18-17-. The molecule has 0 saturated carbocycles. The van der Waals surface area contributed by atoms with Gasteiger partial charge in [0.15, 0.2) is 0 Å². The van der Waals surface area contributed by atoms with Crippen LogP contribution in [0.5, 0.6) is 0 Å². The van der Waals surface area contributed by atoms with Crippen LogP contribution in [0.2, 0.25) is 0 Å². The molecule has 0 saturated heterocycles. The first-order valence-electron chi connectivity index (χ1n) is 19.3. The van der Waals surface area contributed by atoms with Crippen molar-refractivity contribution in [2.24, 2.45) is 0 Å². The monoisotopic (exact) mass is 650 g/mol. The van der Waals surface area contributed by atoms with E-state index in [2.05, 4.69) is 26.0 Å². The molecule has 0 aromatic heterocycles. The normalized spacial score (nSPS) is 12.0. The molecule has 2 amide bonds. The number of carbonyl (C=O) groups is 4. The predicted molar refractivity (Wildman–Crippen MR) is 190 cm³/mol. The molecule has 0 radical (unpaired) electrons. The van der Waals surface area contributed by atoms with Gasteiger partial charge in [0, 0.05) is 19.3 Å². The van der Waals surface area contributed by atoms with Crippen LogP contribution in [0.25, 0.3) is 0 Å². The number of amides is 2. The Balaban J connectivity index is 4.40. The van der Waals surface area contributed by atoms with Crippen LogP contribution in [-0.2, 0) is 19.2 Å². The molecule has 1 unspecified atom stereocenters. The quantitative estimate of drug-likeness (QED) is 0.0530. The zero-order chi connectivity index (χ0) is 34.1. The lowest BCUT2D eigenvalue weighted by atomic mass is 10.0. The predicted octanol–water partition coefficient (Wildman–Crippen LogP) is 11.2. The minimum Gasteiger partial charge on any atom is -0.481 e. The minimum absolute atomic E-state index is 0.110. The molecule has 0 spiro atoms. The molecule has 0 aromatic rings. The Kier molecular flexibility index (Phi) is 31.2. The maximum atomic E-state index is 13.1. The number of unbranched alkanes of at least 4 members (excludes halogenated alkanes) is 23. The molecule has 0 aromatic carbocycles. The second-order valence-corrected chi connectivity index (χ2v) is 13.3. The molecule has 0 fully saturated rings. The number of rotatable bonds is 34. The third-order valence-electron chi connectivity index (χ3n) is 8.91. The van der Waals surface area contributed by atoms with Gasteiger partial charge in [-0.05, 0) is 44.9 Å². The number of hydrogen-bond acceptors (Lipinski definition) is 4. The number of hydrogen-bond donors (Lipinski definition) is 2. The topological polar surface area (TPSA) is 112 Å². The van der Waals surface area contributed by atoms with Crippen molar-refractivity contribution in [1.29, 1.82) is 0 Å². The Labute approximate surface area is 282 Å². The number of carboxylic acids is 2. The van der Waals surface area contributed by atoms with Gasteiger partial charge < -0.3 is 10.2 Å². The molecule has 0 aliphatic rings. The second-order valence-electron chi connectivity index (χ2n) is 13.3. The van der Waals surface area contributed by atoms with Crippen LogP contribution in [0.15, 0.2) is 12.2 Å². The van der Waals surface area contributed by atoms with Gasteiger partial charge >= 0.3 is 11.9 Å². The number of imide groups is 1. The highest BCUT2D eigenvalue weighted by molar-refractivity contribution is 5.99. The number of aliphatic carboxylic acids is 2. The van der Waals surface area contributed by atoms with Crippen LogP contribution < -0.4 is 0 Å². The van der Waals surface area contributed by atoms with Crippen LogP contribution in [-0.4, -0.2) is 44.9 Å². The van der Waals surface area contributed by atoms with E-state index in [0.717, 1.165) is 62.7 Å². The molecule has 0 aliphatic carbocycles. The van der Waals surface area contributed by atoms with Gasteiger partial charge in [0.2, 0.25) is 11.8 Å². The third-order valence-corrected chi connectivity index (χ3v) is 8.91. The van der Waals surface area contributed by atoms with Gasteiger partial charge in [0.05, 0.1) is 0 Å². The van der Waals surface area contributed by atoms with Crippen molar-refractivity contribution in [3.05, 3.63) is 12.2 Å². The fourth-order valence-electron chi connectivity index (χ4n) is 5.99. The molecule has 7 heteroatoms. The maximum Gasteiger partial charge on any atom is 0.326 e. The highest BCUT2D eigenvalue weighted by atomic mass is 16.4. The van der Waals surface area contributed by atoms with E-state index in [1.165, 1.54) is 96.3 Å². The van der Waals surface area contributed by atoms with E-state index in [9.17, 15) is 24.3 Å². The molecule has 7 nitrogen and oxygen atoms in total. The van der Waals surface area contributed by atoms with E-state index in [1.54, 1.807) is 0 Å². The van der Waals surface area contributed by atoms with Gasteiger partial charge in [0.25, 0.3) is 0 Å². The Hall–Kier alpha value is -2.18. The summed E-state index contributed by atoms with van der Waals surface area (Å²) in [4.78, 5) is 50.3. The molecule has 2 N–H and O–H groups in total. The average molecular weight is 650 g/mol. The average Bonchev–Trinajstić information content (AvgIpc) is 3.02. The summed E-state index contributed by atoms with van der Waals surface area (Å²) in [7, 11) is 0. The zero-order valence-electron chi connectivity index (χ0n) is 29.9. The summed E-state index contributed by atoms with van der Waals surface area (Å²) in [5, 5.41) is 18.9. The second kappa shape index (κ2) is 32.7. The lowest BCUT2D eigenvalue weighted by Gasteiger charge is -2.27. The van der Waals surface area contributed by atoms with E-state index in [0.29, 0.717) is 12.8 Å². The molecule has 0 heterocycles. The number of nitrogens with zero attached hydrogens (tertiary/aromatic N) is 1. The van der Waals surface area contributed by atoms with Crippen LogP contribution in [0.4, 0.5) is 0 Å². The van der Waals surface area contributed by atoms with Crippen molar-refractivity contribution < 1.29 is 29.4 Å². The van der Waals surface area contributed by atoms with Crippen molar-refractivity contribution in [3.8, 4) is 0 Å². The van der Waals surface area contributed by atoms with Gasteiger partial charge in [0.1, 0.15) is 6.04 Å². The largest absolute Gasteiger partial charge is 0.481 e. The summed E-state index contributed by atoms with van der Waals surface area (Å²) in [6.45, 7) is 4.48. The Morgan fingerprint density at radius 2 is 0.804 bits per heavy atom. The summed E-state index contributed by atoms with van der Waals surface area (Å²) in [6, 6.07) is -1.43. The molecular formula is C39H71NO6.